The van der Waals surface area contributed by atoms with E-state index in [2.05, 4.69) is 33.8 Å². The number of thioether (sulfide) groups is 1. The van der Waals surface area contributed by atoms with E-state index in [1.807, 2.05) is 18.2 Å². The molecule has 1 saturated heterocycles. The van der Waals surface area contributed by atoms with Gasteiger partial charge in [-0.1, -0.05) is 37.5 Å². The zero-order chi connectivity index (χ0) is 19.9. The van der Waals surface area contributed by atoms with Crippen LogP contribution in [0, 0.1) is 0 Å². The first-order valence-electron chi connectivity index (χ1n) is 10.6. The van der Waals surface area contributed by atoms with Crippen LogP contribution < -0.4 is 5.32 Å². The molecule has 29 heavy (non-hydrogen) atoms. The smallest absolute Gasteiger partial charge is 0.252 e. The Hall–Kier alpha value is -1.34. The predicted molar refractivity (Wildman–Crippen MR) is 121 cm³/mol. The van der Waals surface area contributed by atoms with Gasteiger partial charge in [0.05, 0.1) is 18.8 Å². The van der Waals surface area contributed by atoms with E-state index in [0.29, 0.717) is 0 Å². The van der Waals surface area contributed by atoms with Crippen LogP contribution in [0.2, 0.25) is 0 Å². The summed E-state index contributed by atoms with van der Waals surface area (Å²) in [5, 5.41) is 5.41. The molecule has 2 aromatic rings. The summed E-state index contributed by atoms with van der Waals surface area (Å²) < 4.78 is 5.57. The summed E-state index contributed by atoms with van der Waals surface area (Å²) >= 11 is 3.51. The van der Waals surface area contributed by atoms with Gasteiger partial charge in [-0.2, -0.15) is 0 Å². The first-order chi connectivity index (χ1) is 14.3. The van der Waals surface area contributed by atoms with Crippen molar-refractivity contribution >= 4 is 29.0 Å². The molecule has 1 aromatic carbocycles. The Morgan fingerprint density at radius 1 is 1.10 bits per heavy atom. The number of benzene rings is 1. The number of hydrogen-bond acceptors (Lipinski definition) is 5. The molecule has 0 atom stereocenters. The lowest BCUT2D eigenvalue weighted by Crippen LogP contribution is -2.59. The van der Waals surface area contributed by atoms with E-state index in [9.17, 15) is 4.79 Å². The molecule has 1 N–H and O–H groups in total. The lowest BCUT2D eigenvalue weighted by molar-refractivity contribution is -0.0361. The van der Waals surface area contributed by atoms with Crippen LogP contribution in [0.5, 0.6) is 0 Å². The van der Waals surface area contributed by atoms with E-state index in [4.69, 9.17) is 4.74 Å². The van der Waals surface area contributed by atoms with Gasteiger partial charge in [0.2, 0.25) is 0 Å². The van der Waals surface area contributed by atoms with E-state index < -0.39 is 0 Å². The molecule has 2 heterocycles. The number of ether oxygens (including phenoxy) is 1. The van der Waals surface area contributed by atoms with Crippen molar-refractivity contribution in [2.75, 3.05) is 32.8 Å². The maximum atomic E-state index is 13.1. The van der Waals surface area contributed by atoms with Crippen LogP contribution in [-0.2, 0) is 10.5 Å². The highest BCUT2D eigenvalue weighted by atomic mass is 32.2. The Labute approximate surface area is 182 Å². The third-order valence-electron chi connectivity index (χ3n) is 6.13. The Bertz CT molecular complexity index is 782. The second-order valence-electron chi connectivity index (χ2n) is 7.93. The van der Waals surface area contributed by atoms with Crippen molar-refractivity contribution in [2.45, 2.75) is 48.3 Å². The molecular formula is C23H30N2O2S2. The lowest BCUT2D eigenvalue weighted by atomic mass is 9.79. The van der Waals surface area contributed by atoms with Gasteiger partial charge < -0.3 is 10.1 Å². The van der Waals surface area contributed by atoms with Gasteiger partial charge in [-0.25, -0.2) is 0 Å². The van der Waals surface area contributed by atoms with E-state index in [1.165, 1.54) is 37.0 Å². The third kappa shape index (κ3) is 5.23. The van der Waals surface area contributed by atoms with Gasteiger partial charge in [-0.05, 0) is 36.4 Å². The van der Waals surface area contributed by atoms with Gasteiger partial charge in [0.15, 0.2) is 0 Å². The Morgan fingerprint density at radius 2 is 1.90 bits per heavy atom. The van der Waals surface area contributed by atoms with Crippen molar-refractivity contribution in [3.05, 3.63) is 52.2 Å². The van der Waals surface area contributed by atoms with Gasteiger partial charge in [0.25, 0.3) is 5.91 Å². The topological polar surface area (TPSA) is 41.6 Å². The van der Waals surface area contributed by atoms with Crippen LogP contribution >= 0.6 is 23.1 Å². The van der Waals surface area contributed by atoms with Crippen LogP contribution in [0.4, 0.5) is 0 Å². The van der Waals surface area contributed by atoms with Crippen molar-refractivity contribution in [1.29, 1.82) is 0 Å². The molecule has 1 aliphatic heterocycles. The fourth-order valence-electron chi connectivity index (χ4n) is 4.52. The van der Waals surface area contributed by atoms with Gasteiger partial charge in [0, 0.05) is 40.7 Å². The normalized spacial score (nSPS) is 19.7. The minimum atomic E-state index is 0.0532. The molecular weight excluding hydrogens is 400 g/mol. The summed E-state index contributed by atoms with van der Waals surface area (Å²) in [6, 6.07) is 12.2. The molecule has 0 unspecified atom stereocenters. The SMILES string of the molecule is O=C(NCC1(N2CCOCC2)CCCCC1)c1ccccc1SCc1cccs1. The van der Waals surface area contributed by atoms with Crippen LogP contribution in [0.1, 0.15) is 47.3 Å². The maximum absolute atomic E-state index is 13.1. The molecule has 0 bridgehead atoms. The molecule has 1 amide bonds. The summed E-state index contributed by atoms with van der Waals surface area (Å²) in [6.45, 7) is 4.29. The second-order valence-corrected chi connectivity index (χ2v) is 9.98. The molecule has 2 fully saturated rings. The predicted octanol–water partition coefficient (Wildman–Crippen LogP) is 4.81. The number of rotatable bonds is 7. The number of hydrogen-bond donors (Lipinski definition) is 1. The molecule has 1 saturated carbocycles. The van der Waals surface area contributed by atoms with Gasteiger partial charge in [0.1, 0.15) is 0 Å². The third-order valence-corrected chi connectivity index (χ3v) is 8.31. The molecule has 0 radical (unpaired) electrons. The zero-order valence-corrected chi connectivity index (χ0v) is 18.5. The lowest BCUT2D eigenvalue weighted by Gasteiger charge is -2.48. The Balaban J connectivity index is 1.42. The largest absolute Gasteiger partial charge is 0.379 e. The molecule has 2 aliphatic rings. The van der Waals surface area contributed by atoms with Crippen molar-refractivity contribution in [1.82, 2.24) is 10.2 Å². The summed E-state index contributed by atoms with van der Waals surface area (Å²) in [5.41, 5.74) is 0.888. The maximum Gasteiger partial charge on any atom is 0.252 e. The highest BCUT2D eigenvalue weighted by Crippen LogP contribution is 2.34. The first-order valence-corrected chi connectivity index (χ1v) is 12.5. The van der Waals surface area contributed by atoms with E-state index in [-0.39, 0.29) is 11.4 Å². The van der Waals surface area contributed by atoms with Gasteiger partial charge in [-0.15, -0.1) is 23.1 Å². The minimum absolute atomic E-state index is 0.0532. The number of nitrogens with zero attached hydrogens (tertiary/aromatic N) is 1. The molecule has 0 spiro atoms. The standard InChI is InChI=1S/C23H30N2O2S2/c26-22(20-8-2-3-9-21(20)29-17-19-7-6-16-28-19)24-18-23(10-4-1-5-11-23)25-12-14-27-15-13-25/h2-3,6-9,16H,1,4-5,10-15,17-18H2,(H,24,26). The second kappa shape index (κ2) is 10.1. The zero-order valence-electron chi connectivity index (χ0n) is 16.9. The highest BCUT2D eigenvalue weighted by molar-refractivity contribution is 7.98. The fraction of sp³-hybridized carbons (Fsp3) is 0.522. The molecule has 1 aromatic heterocycles. The van der Waals surface area contributed by atoms with E-state index in [0.717, 1.165) is 49.1 Å². The minimum Gasteiger partial charge on any atom is -0.379 e. The summed E-state index contributed by atoms with van der Waals surface area (Å²) in [4.78, 5) is 18.1. The monoisotopic (exact) mass is 430 g/mol. The number of morpholine rings is 1. The quantitative estimate of drug-likeness (QED) is 0.641. The van der Waals surface area contributed by atoms with Crippen molar-refractivity contribution in [3.8, 4) is 0 Å². The van der Waals surface area contributed by atoms with Crippen LogP contribution in [0.25, 0.3) is 0 Å². The van der Waals surface area contributed by atoms with Crippen LogP contribution in [0.3, 0.4) is 0 Å². The summed E-state index contributed by atoms with van der Waals surface area (Å²) in [5.74, 6) is 0.956. The average molecular weight is 431 g/mol. The molecule has 6 heteroatoms. The van der Waals surface area contributed by atoms with E-state index in [1.54, 1.807) is 23.1 Å². The molecule has 4 rings (SSSR count). The van der Waals surface area contributed by atoms with Crippen molar-refractivity contribution < 1.29 is 9.53 Å². The van der Waals surface area contributed by atoms with Gasteiger partial charge in [-0.3, -0.25) is 9.69 Å². The van der Waals surface area contributed by atoms with Crippen molar-refractivity contribution in [2.24, 2.45) is 0 Å². The van der Waals surface area contributed by atoms with Crippen LogP contribution in [-0.4, -0.2) is 49.2 Å². The Kier molecular flexibility index (Phi) is 7.29. The highest BCUT2D eigenvalue weighted by Gasteiger charge is 2.38. The average Bonchev–Trinajstić information content (AvgIpc) is 3.31. The number of thiophene rings is 1. The molecule has 156 valence electrons. The fourth-order valence-corrected chi connectivity index (χ4v) is 6.34. The Morgan fingerprint density at radius 3 is 2.66 bits per heavy atom. The van der Waals surface area contributed by atoms with Gasteiger partial charge >= 0.3 is 0 Å². The molecule has 4 nitrogen and oxygen atoms in total. The van der Waals surface area contributed by atoms with Crippen LogP contribution in [0.15, 0.2) is 46.7 Å². The number of carbonyl (C=O) groups is 1. The summed E-state index contributed by atoms with van der Waals surface area (Å²) in [6.07, 6.45) is 6.15. The first kappa shape index (κ1) is 20.9. The molecule has 1 aliphatic carbocycles. The van der Waals surface area contributed by atoms with Crippen molar-refractivity contribution in [3.63, 3.8) is 0 Å². The number of nitrogens with one attached hydrogen (secondary N) is 1. The summed E-state index contributed by atoms with van der Waals surface area (Å²) in [7, 11) is 0. The van der Waals surface area contributed by atoms with E-state index >= 15 is 0 Å². The number of carbonyl (C=O) groups excluding carboxylic acids is 1. The number of amides is 1.